The fourth-order valence-corrected chi connectivity index (χ4v) is 5.40. The maximum Gasteiger partial charge on any atom is 0.244 e. The van der Waals surface area contributed by atoms with Gasteiger partial charge in [0.25, 0.3) is 0 Å². The monoisotopic (exact) mass is 362 g/mol. The van der Waals surface area contributed by atoms with Crippen molar-refractivity contribution in [3.05, 3.63) is 35.9 Å². The Morgan fingerprint density at radius 2 is 2.00 bits per heavy atom. The molecule has 1 N–H and O–H groups in total. The number of hydrogen-bond donors (Lipinski definition) is 1. The summed E-state index contributed by atoms with van der Waals surface area (Å²) in [7, 11) is -3.06. The Balaban J connectivity index is 1.60. The molecule has 1 atom stereocenters. The number of carbonyl (C=O) groups excluding carboxylic acids is 2. The predicted molar refractivity (Wildman–Crippen MR) is 96.9 cm³/mol. The second kappa shape index (κ2) is 6.63. The van der Waals surface area contributed by atoms with Gasteiger partial charge in [0.05, 0.1) is 17.0 Å². The van der Waals surface area contributed by atoms with Gasteiger partial charge in [-0.1, -0.05) is 12.1 Å². The Morgan fingerprint density at radius 1 is 1.28 bits per heavy atom. The number of nitrogens with one attached hydrogen (secondary N) is 1. The molecule has 2 aliphatic heterocycles. The molecule has 1 unspecified atom stereocenters. The van der Waals surface area contributed by atoms with Crippen LogP contribution in [-0.2, 0) is 19.4 Å². The van der Waals surface area contributed by atoms with Gasteiger partial charge in [-0.15, -0.1) is 0 Å². The summed E-state index contributed by atoms with van der Waals surface area (Å²) in [6.07, 6.45) is 5.00. The molecule has 134 valence electrons. The van der Waals surface area contributed by atoms with Gasteiger partial charge in [0, 0.05) is 24.7 Å². The summed E-state index contributed by atoms with van der Waals surface area (Å²) in [5.41, 5.74) is 1.02. The molecule has 3 rings (SSSR count). The second-order valence-corrected chi connectivity index (χ2v) is 9.15. The number of anilines is 1. The summed E-state index contributed by atoms with van der Waals surface area (Å²) in [5.74, 6) is -0.0664. The van der Waals surface area contributed by atoms with Crippen LogP contribution in [0.15, 0.2) is 30.3 Å². The van der Waals surface area contributed by atoms with Crippen molar-refractivity contribution >= 4 is 33.4 Å². The smallest absolute Gasteiger partial charge is 0.244 e. The third-order valence-corrected chi connectivity index (χ3v) is 6.54. The third-order valence-electron chi connectivity index (χ3n) is 4.63. The third kappa shape index (κ3) is 4.28. The number of rotatable bonds is 4. The van der Waals surface area contributed by atoms with Crippen LogP contribution in [0.1, 0.15) is 31.7 Å². The number of sulfone groups is 1. The molecule has 0 aromatic heterocycles. The van der Waals surface area contributed by atoms with E-state index < -0.39 is 15.4 Å². The van der Waals surface area contributed by atoms with E-state index in [1.807, 2.05) is 24.3 Å². The van der Waals surface area contributed by atoms with Crippen molar-refractivity contribution < 1.29 is 18.0 Å². The second-order valence-electron chi connectivity index (χ2n) is 6.97. The zero-order valence-electron chi connectivity index (χ0n) is 14.2. The summed E-state index contributed by atoms with van der Waals surface area (Å²) in [5, 5.41) is 2.79. The van der Waals surface area contributed by atoms with E-state index in [4.69, 9.17) is 0 Å². The van der Waals surface area contributed by atoms with Crippen LogP contribution in [0.25, 0.3) is 6.08 Å². The Kier molecular flexibility index (Phi) is 4.69. The molecule has 6 nitrogen and oxygen atoms in total. The lowest BCUT2D eigenvalue weighted by molar-refractivity contribution is -0.118. The van der Waals surface area contributed by atoms with E-state index in [0.29, 0.717) is 12.8 Å². The molecular weight excluding hydrogens is 340 g/mol. The zero-order chi connectivity index (χ0) is 18.1. The van der Waals surface area contributed by atoms with Crippen molar-refractivity contribution in [3.8, 4) is 0 Å². The fraction of sp³-hybridized carbons (Fsp3) is 0.444. The maximum atomic E-state index is 12.1. The van der Waals surface area contributed by atoms with Gasteiger partial charge in [0.15, 0.2) is 9.84 Å². The first-order valence-corrected chi connectivity index (χ1v) is 10.2. The van der Waals surface area contributed by atoms with E-state index in [-0.39, 0.29) is 23.3 Å². The van der Waals surface area contributed by atoms with Crippen LogP contribution in [0.2, 0.25) is 0 Å². The normalized spacial score (nSPS) is 25.6. The fourth-order valence-electron chi connectivity index (χ4n) is 3.31. The highest BCUT2D eigenvalue weighted by atomic mass is 32.2. The molecule has 0 spiro atoms. The molecule has 0 bridgehead atoms. The molecular formula is C18H22N2O4S. The quantitative estimate of drug-likeness (QED) is 0.823. The molecule has 2 fully saturated rings. The molecule has 7 heteroatoms. The van der Waals surface area contributed by atoms with Crippen LogP contribution >= 0.6 is 0 Å². The van der Waals surface area contributed by atoms with Crippen molar-refractivity contribution in [2.24, 2.45) is 0 Å². The molecule has 0 radical (unpaired) electrons. The number of carbonyl (C=O) groups is 2. The van der Waals surface area contributed by atoms with E-state index in [1.165, 1.54) is 6.08 Å². The Labute approximate surface area is 147 Å². The highest BCUT2D eigenvalue weighted by molar-refractivity contribution is 7.91. The first kappa shape index (κ1) is 17.7. The van der Waals surface area contributed by atoms with Crippen LogP contribution in [0.4, 0.5) is 5.69 Å². The minimum Gasteiger partial charge on any atom is -0.346 e. The highest BCUT2D eigenvalue weighted by Gasteiger charge is 2.39. The minimum absolute atomic E-state index is 0.0157. The lowest BCUT2D eigenvalue weighted by Crippen LogP contribution is -2.46. The van der Waals surface area contributed by atoms with Gasteiger partial charge in [0.1, 0.15) is 0 Å². The van der Waals surface area contributed by atoms with Crippen molar-refractivity contribution in [2.45, 2.75) is 31.7 Å². The van der Waals surface area contributed by atoms with E-state index >= 15 is 0 Å². The average Bonchev–Trinajstić information content (AvgIpc) is 3.08. The summed E-state index contributed by atoms with van der Waals surface area (Å²) < 4.78 is 23.1. The molecule has 0 aliphatic carbocycles. The Morgan fingerprint density at radius 3 is 2.56 bits per heavy atom. The lowest BCUT2D eigenvalue weighted by atomic mass is 10.0. The van der Waals surface area contributed by atoms with Crippen molar-refractivity contribution in [1.29, 1.82) is 0 Å². The molecule has 25 heavy (non-hydrogen) atoms. The number of hydrogen-bond acceptors (Lipinski definition) is 4. The van der Waals surface area contributed by atoms with E-state index in [1.54, 1.807) is 17.9 Å². The van der Waals surface area contributed by atoms with E-state index in [0.717, 1.165) is 24.2 Å². The summed E-state index contributed by atoms with van der Waals surface area (Å²) in [6, 6.07) is 7.44. The van der Waals surface area contributed by atoms with Gasteiger partial charge in [-0.25, -0.2) is 8.42 Å². The van der Waals surface area contributed by atoms with Gasteiger partial charge < -0.3 is 10.2 Å². The SMILES string of the molecule is CC1(NC(=O)/C=C/c2ccc(N3CCCC3=O)cc2)CCS(=O)(=O)C1. The zero-order valence-corrected chi connectivity index (χ0v) is 15.0. The molecule has 0 saturated carbocycles. The van der Waals surface area contributed by atoms with Crippen LogP contribution in [-0.4, -0.2) is 43.8 Å². The summed E-state index contributed by atoms with van der Waals surface area (Å²) in [4.78, 5) is 25.6. The predicted octanol–water partition coefficient (Wildman–Crippen LogP) is 1.52. The van der Waals surface area contributed by atoms with Gasteiger partial charge >= 0.3 is 0 Å². The largest absolute Gasteiger partial charge is 0.346 e. The average molecular weight is 362 g/mol. The summed E-state index contributed by atoms with van der Waals surface area (Å²) in [6.45, 7) is 2.50. The molecule has 2 saturated heterocycles. The summed E-state index contributed by atoms with van der Waals surface area (Å²) >= 11 is 0. The van der Waals surface area contributed by atoms with Crippen LogP contribution in [0.5, 0.6) is 0 Å². The topological polar surface area (TPSA) is 83.6 Å². The van der Waals surface area contributed by atoms with Crippen molar-refractivity contribution in [1.82, 2.24) is 5.32 Å². The minimum atomic E-state index is -3.06. The van der Waals surface area contributed by atoms with Crippen LogP contribution in [0, 0.1) is 0 Å². The Bertz CT molecular complexity index is 814. The molecule has 2 amide bonds. The first-order valence-electron chi connectivity index (χ1n) is 8.38. The van der Waals surface area contributed by atoms with Gasteiger partial charge in [-0.3, -0.25) is 9.59 Å². The molecule has 2 aliphatic rings. The van der Waals surface area contributed by atoms with Crippen molar-refractivity contribution in [3.63, 3.8) is 0 Å². The lowest BCUT2D eigenvalue weighted by Gasteiger charge is -2.22. The molecule has 2 heterocycles. The first-order chi connectivity index (χ1) is 11.8. The van der Waals surface area contributed by atoms with E-state index in [9.17, 15) is 18.0 Å². The number of benzene rings is 1. The van der Waals surface area contributed by atoms with Gasteiger partial charge in [0.2, 0.25) is 11.8 Å². The maximum absolute atomic E-state index is 12.1. The molecule has 1 aromatic rings. The highest BCUT2D eigenvalue weighted by Crippen LogP contribution is 2.23. The standard InChI is InChI=1S/C18H22N2O4S/c1-18(10-12-25(23,24)13-18)19-16(21)9-6-14-4-7-15(8-5-14)20-11-2-3-17(20)22/h4-9H,2-3,10-13H2,1H3,(H,19,21)/b9-6+. The van der Waals surface area contributed by atoms with Crippen molar-refractivity contribution in [2.75, 3.05) is 23.0 Å². The van der Waals surface area contributed by atoms with Crippen LogP contribution in [0.3, 0.4) is 0 Å². The Hall–Kier alpha value is -2.15. The number of amides is 2. The molecule has 1 aromatic carbocycles. The van der Waals surface area contributed by atoms with Gasteiger partial charge in [-0.2, -0.15) is 0 Å². The number of nitrogens with zero attached hydrogens (tertiary/aromatic N) is 1. The van der Waals surface area contributed by atoms with Gasteiger partial charge in [-0.05, 0) is 43.5 Å². The van der Waals surface area contributed by atoms with E-state index in [2.05, 4.69) is 5.32 Å². The van der Waals surface area contributed by atoms with Crippen LogP contribution < -0.4 is 10.2 Å².